The van der Waals surface area contributed by atoms with E-state index in [4.69, 9.17) is 0 Å². The third-order valence-electron chi connectivity index (χ3n) is 5.42. The summed E-state index contributed by atoms with van der Waals surface area (Å²) in [6.07, 6.45) is 1.68. The Balaban J connectivity index is 1.49. The summed E-state index contributed by atoms with van der Waals surface area (Å²) in [7, 11) is 2.12. The van der Waals surface area contributed by atoms with Crippen LogP contribution in [0.25, 0.3) is 5.69 Å². The van der Waals surface area contributed by atoms with Gasteiger partial charge < -0.3 is 15.1 Å². The van der Waals surface area contributed by atoms with Crippen molar-refractivity contribution in [1.29, 1.82) is 0 Å². The lowest BCUT2D eigenvalue weighted by atomic mass is 10.1. The predicted molar refractivity (Wildman–Crippen MR) is 115 cm³/mol. The van der Waals surface area contributed by atoms with Gasteiger partial charge in [-0.25, -0.2) is 14.1 Å². The normalized spacial score (nSPS) is 14.7. The zero-order chi connectivity index (χ0) is 21.3. The van der Waals surface area contributed by atoms with Gasteiger partial charge in [0.2, 0.25) is 0 Å². The number of piperazine rings is 1. The van der Waals surface area contributed by atoms with Crippen LogP contribution in [-0.4, -0.2) is 58.8 Å². The summed E-state index contributed by atoms with van der Waals surface area (Å²) in [6.45, 7) is 7.52. The number of likely N-dealkylation sites (N-methyl/N-ethyl adjacent to an activating group) is 1. The molecule has 0 bridgehead atoms. The molecular weight excluding hydrogens is 383 g/mol. The smallest absolute Gasteiger partial charge is 0.259 e. The first-order chi connectivity index (χ1) is 14.4. The van der Waals surface area contributed by atoms with Crippen molar-refractivity contribution in [3.05, 3.63) is 65.4 Å². The zero-order valence-electron chi connectivity index (χ0n) is 17.4. The molecule has 156 valence electrons. The molecule has 3 heterocycles. The molecule has 0 saturated carbocycles. The Morgan fingerprint density at radius 1 is 1.03 bits per heavy atom. The summed E-state index contributed by atoms with van der Waals surface area (Å²) < 4.78 is 14.9. The molecule has 1 aliphatic rings. The number of benzene rings is 1. The minimum absolute atomic E-state index is 0.243. The van der Waals surface area contributed by atoms with E-state index in [1.807, 2.05) is 19.1 Å². The van der Waals surface area contributed by atoms with Gasteiger partial charge in [-0.05, 0) is 57.3 Å². The number of rotatable bonds is 4. The third kappa shape index (κ3) is 4.04. The van der Waals surface area contributed by atoms with Gasteiger partial charge in [0, 0.05) is 26.2 Å². The van der Waals surface area contributed by atoms with Gasteiger partial charge in [0.1, 0.15) is 11.6 Å². The van der Waals surface area contributed by atoms with E-state index < -0.39 is 0 Å². The Kier molecular flexibility index (Phi) is 5.50. The number of halogens is 1. The summed E-state index contributed by atoms with van der Waals surface area (Å²) in [6, 6.07) is 9.82. The highest BCUT2D eigenvalue weighted by atomic mass is 19.1. The highest BCUT2D eigenvalue weighted by Gasteiger charge is 2.20. The van der Waals surface area contributed by atoms with Crippen LogP contribution in [0.5, 0.6) is 0 Å². The molecule has 3 aromatic rings. The predicted octanol–water partition coefficient (Wildman–Crippen LogP) is 3.03. The van der Waals surface area contributed by atoms with Gasteiger partial charge in [0.05, 0.1) is 34.5 Å². The number of anilines is 2. The van der Waals surface area contributed by atoms with Crippen molar-refractivity contribution in [2.75, 3.05) is 43.4 Å². The number of carbonyl (C=O) groups excluding carboxylic acids is 1. The molecule has 7 nitrogen and oxygen atoms in total. The van der Waals surface area contributed by atoms with Crippen molar-refractivity contribution in [1.82, 2.24) is 19.7 Å². The quantitative estimate of drug-likeness (QED) is 0.719. The van der Waals surface area contributed by atoms with Crippen LogP contribution in [-0.2, 0) is 0 Å². The summed E-state index contributed by atoms with van der Waals surface area (Å²) >= 11 is 0. The highest BCUT2D eigenvalue weighted by molar-refractivity contribution is 6.05. The van der Waals surface area contributed by atoms with Gasteiger partial charge in [0.25, 0.3) is 5.91 Å². The Bertz CT molecular complexity index is 1040. The molecule has 1 aliphatic heterocycles. The molecule has 1 N–H and O–H groups in total. The maximum Gasteiger partial charge on any atom is 0.259 e. The molecule has 0 atom stereocenters. The minimum Gasteiger partial charge on any atom is -0.354 e. The van der Waals surface area contributed by atoms with Crippen LogP contribution in [0.15, 0.2) is 42.6 Å². The van der Waals surface area contributed by atoms with Gasteiger partial charge >= 0.3 is 0 Å². The molecule has 0 spiro atoms. The maximum absolute atomic E-state index is 13.2. The number of aromatic nitrogens is 3. The van der Waals surface area contributed by atoms with E-state index in [9.17, 15) is 9.18 Å². The van der Waals surface area contributed by atoms with Crippen molar-refractivity contribution in [2.24, 2.45) is 0 Å². The Labute approximate surface area is 175 Å². The summed E-state index contributed by atoms with van der Waals surface area (Å²) in [4.78, 5) is 22.0. The molecule has 30 heavy (non-hydrogen) atoms. The first kappa shape index (κ1) is 20.0. The van der Waals surface area contributed by atoms with E-state index in [-0.39, 0.29) is 11.7 Å². The van der Waals surface area contributed by atoms with Crippen molar-refractivity contribution < 1.29 is 9.18 Å². The average Bonchev–Trinajstić information content (AvgIpc) is 3.04. The van der Waals surface area contributed by atoms with Crippen molar-refractivity contribution in [2.45, 2.75) is 13.8 Å². The van der Waals surface area contributed by atoms with Gasteiger partial charge in [-0.1, -0.05) is 0 Å². The number of hydrogen-bond acceptors (Lipinski definition) is 5. The van der Waals surface area contributed by atoms with E-state index in [2.05, 4.69) is 32.2 Å². The molecule has 4 rings (SSSR count). The molecule has 1 fully saturated rings. The van der Waals surface area contributed by atoms with Gasteiger partial charge in [-0.15, -0.1) is 0 Å². The van der Waals surface area contributed by atoms with Crippen LogP contribution in [0.4, 0.5) is 15.9 Å². The lowest BCUT2D eigenvalue weighted by molar-refractivity contribution is 0.102. The fourth-order valence-electron chi connectivity index (χ4n) is 3.68. The fourth-order valence-corrected chi connectivity index (χ4v) is 3.68. The highest BCUT2D eigenvalue weighted by Crippen LogP contribution is 2.21. The number of nitrogens with one attached hydrogen (secondary N) is 1. The Morgan fingerprint density at radius 2 is 1.73 bits per heavy atom. The number of aryl methyl sites for hydroxylation is 1. The van der Waals surface area contributed by atoms with Crippen LogP contribution in [0.3, 0.4) is 0 Å². The molecule has 2 aromatic heterocycles. The summed E-state index contributed by atoms with van der Waals surface area (Å²) in [5, 5.41) is 7.37. The molecule has 0 aliphatic carbocycles. The molecule has 0 radical (unpaired) electrons. The molecule has 8 heteroatoms. The van der Waals surface area contributed by atoms with E-state index >= 15 is 0 Å². The second-order valence-corrected chi connectivity index (χ2v) is 7.58. The lowest BCUT2D eigenvalue weighted by Crippen LogP contribution is -2.44. The largest absolute Gasteiger partial charge is 0.354 e. The Hall–Kier alpha value is -3.26. The number of carbonyl (C=O) groups is 1. The second-order valence-electron chi connectivity index (χ2n) is 7.58. The molecule has 1 saturated heterocycles. The molecule has 1 aromatic carbocycles. The second kappa shape index (κ2) is 8.23. The number of nitrogens with zero attached hydrogens (tertiary/aromatic N) is 5. The van der Waals surface area contributed by atoms with Crippen molar-refractivity contribution in [3.8, 4) is 5.69 Å². The van der Waals surface area contributed by atoms with E-state index in [0.717, 1.165) is 32.0 Å². The topological polar surface area (TPSA) is 66.3 Å². The third-order valence-corrected chi connectivity index (χ3v) is 5.42. The van der Waals surface area contributed by atoms with Crippen LogP contribution >= 0.6 is 0 Å². The zero-order valence-corrected chi connectivity index (χ0v) is 17.4. The number of pyridine rings is 1. The van der Waals surface area contributed by atoms with E-state index in [0.29, 0.717) is 28.3 Å². The van der Waals surface area contributed by atoms with Crippen molar-refractivity contribution >= 4 is 17.4 Å². The number of amides is 1. The molecule has 1 amide bonds. The SMILES string of the molecule is Cc1nn(-c2ccc(F)cc2)c(C)c1C(=O)Nc1ccc(N2CCN(C)CC2)nc1. The minimum atomic E-state index is -0.314. The van der Waals surface area contributed by atoms with Gasteiger partial charge in [0.15, 0.2) is 0 Å². The van der Waals surface area contributed by atoms with E-state index in [1.54, 1.807) is 29.9 Å². The molecule has 0 unspecified atom stereocenters. The molecular formula is C22H25FN6O. The average molecular weight is 408 g/mol. The summed E-state index contributed by atoms with van der Waals surface area (Å²) in [5.74, 6) is 0.357. The van der Waals surface area contributed by atoms with Gasteiger partial charge in [-0.3, -0.25) is 4.79 Å². The standard InChI is InChI=1S/C22H25FN6O/c1-15-21(16(2)29(26-15)19-7-4-17(23)5-8-19)22(30)25-18-6-9-20(24-14-18)28-12-10-27(3)11-13-28/h4-9,14H,10-13H2,1-3H3,(H,25,30). The van der Waals surface area contributed by atoms with Crippen molar-refractivity contribution in [3.63, 3.8) is 0 Å². The van der Waals surface area contributed by atoms with E-state index in [1.165, 1.54) is 12.1 Å². The first-order valence-corrected chi connectivity index (χ1v) is 9.95. The van der Waals surface area contributed by atoms with Gasteiger partial charge in [-0.2, -0.15) is 5.10 Å². The monoisotopic (exact) mass is 408 g/mol. The van der Waals surface area contributed by atoms with Crippen LogP contribution in [0, 0.1) is 19.7 Å². The Morgan fingerprint density at radius 3 is 2.37 bits per heavy atom. The fraction of sp³-hybridized carbons (Fsp3) is 0.318. The first-order valence-electron chi connectivity index (χ1n) is 9.95. The van der Waals surface area contributed by atoms with Crippen LogP contribution in [0.2, 0.25) is 0 Å². The van der Waals surface area contributed by atoms with Crippen LogP contribution in [0.1, 0.15) is 21.7 Å². The maximum atomic E-state index is 13.2. The summed E-state index contributed by atoms with van der Waals surface area (Å²) in [5.41, 5.74) is 3.14. The number of hydrogen-bond donors (Lipinski definition) is 1. The van der Waals surface area contributed by atoms with Crippen LogP contribution < -0.4 is 10.2 Å². The lowest BCUT2D eigenvalue weighted by Gasteiger charge is -2.33.